The zero-order valence-corrected chi connectivity index (χ0v) is 13.3. The predicted octanol–water partition coefficient (Wildman–Crippen LogP) is 5.75. The summed E-state index contributed by atoms with van der Waals surface area (Å²) in [5.74, 6) is -1.10. The predicted molar refractivity (Wildman–Crippen MR) is 82.3 cm³/mol. The van der Waals surface area contributed by atoms with Crippen molar-refractivity contribution >= 4 is 15.9 Å². The highest BCUT2D eigenvalue weighted by Gasteiger charge is 2.17. The van der Waals surface area contributed by atoms with Gasteiger partial charge >= 0.3 is 0 Å². The Hall–Kier alpha value is -1.22. The summed E-state index contributed by atoms with van der Waals surface area (Å²) in [4.78, 5) is -0.280. The van der Waals surface area contributed by atoms with E-state index in [1.54, 1.807) is 0 Å². The van der Waals surface area contributed by atoms with Gasteiger partial charge in [-0.25, -0.2) is 8.78 Å². The fourth-order valence-corrected chi connectivity index (χ4v) is 2.72. The Kier molecular flexibility index (Phi) is 4.28. The van der Waals surface area contributed by atoms with Gasteiger partial charge in [0.2, 0.25) is 0 Å². The summed E-state index contributed by atoms with van der Waals surface area (Å²) in [6.07, 6.45) is 0. The van der Waals surface area contributed by atoms with Crippen LogP contribution in [0.25, 0.3) is 0 Å². The Bertz CT molecular complexity index is 597. The van der Waals surface area contributed by atoms with Crippen LogP contribution in [0.3, 0.4) is 0 Å². The van der Waals surface area contributed by atoms with Crippen molar-refractivity contribution in [1.82, 2.24) is 0 Å². The molecule has 2 aromatic rings. The molecule has 0 saturated carbocycles. The SMILES string of the molecule is CC(C)(C)c1ccc(C(Br)c2ccc(F)cc2F)cc1. The third kappa shape index (κ3) is 3.26. The Labute approximate surface area is 127 Å². The third-order valence-electron chi connectivity index (χ3n) is 3.30. The smallest absolute Gasteiger partial charge is 0.130 e. The van der Waals surface area contributed by atoms with Gasteiger partial charge in [-0.05, 0) is 22.6 Å². The van der Waals surface area contributed by atoms with Crippen molar-refractivity contribution in [3.63, 3.8) is 0 Å². The van der Waals surface area contributed by atoms with E-state index in [0.717, 1.165) is 11.6 Å². The van der Waals surface area contributed by atoms with Gasteiger partial charge in [-0.15, -0.1) is 0 Å². The molecule has 0 spiro atoms. The molecule has 0 aromatic heterocycles. The van der Waals surface area contributed by atoms with Crippen molar-refractivity contribution < 1.29 is 8.78 Å². The topological polar surface area (TPSA) is 0 Å². The fraction of sp³-hybridized carbons (Fsp3) is 0.294. The van der Waals surface area contributed by atoms with Crippen molar-refractivity contribution in [1.29, 1.82) is 0 Å². The second kappa shape index (κ2) is 5.65. The summed E-state index contributed by atoms with van der Waals surface area (Å²) in [7, 11) is 0. The van der Waals surface area contributed by atoms with Crippen LogP contribution in [0.1, 0.15) is 42.3 Å². The number of benzene rings is 2. The lowest BCUT2D eigenvalue weighted by Gasteiger charge is -2.20. The maximum Gasteiger partial charge on any atom is 0.130 e. The second-order valence-corrected chi connectivity index (χ2v) is 6.82. The van der Waals surface area contributed by atoms with Crippen molar-refractivity contribution in [3.8, 4) is 0 Å². The largest absolute Gasteiger partial charge is 0.207 e. The van der Waals surface area contributed by atoms with E-state index in [9.17, 15) is 8.78 Å². The molecule has 0 N–H and O–H groups in total. The molecule has 0 aliphatic heterocycles. The van der Waals surface area contributed by atoms with E-state index >= 15 is 0 Å². The molecule has 0 aliphatic rings. The Balaban J connectivity index is 2.31. The van der Waals surface area contributed by atoms with Crippen LogP contribution in [0.2, 0.25) is 0 Å². The number of halogens is 3. The van der Waals surface area contributed by atoms with Gasteiger partial charge in [0.1, 0.15) is 11.6 Å². The molecule has 0 fully saturated rings. The van der Waals surface area contributed by atoms with Crippen LogP contribution in [0, 0.1) is 11.6 Å². The molecule has 1 unspecified atom stereocenters. The molecule has 0 heterocycles. The van der Waals surface area contributed by atoms with E-state index in [-0.39, 0.29) is 10.2 Å². The van der Waals surface area contributed by atoms with Crippen molar-refractivity contribution in [2.45, 2.75) is 31.0 Å². The molecule has 106 valence electrons. The first-order chi connectivity index (χ1) is 9.29. The van der Waals surface area contributed by atoms with E-state index in [4.69, 9.17) is 0 Å². The maximum absolute atomic E-state index is 13.8. The van der Waals surface area contributed by atoms with Crippen LogP contribution in [-0.2, 0) is 5.41 Å². The van der Waals surface area contributed by atoms with Crippen LogP contribution in [0.15, 0.2) is 42.5 Å². The quantitative estimate of drug-likeness (QED) is 0.612. The number of rotatable bonds is 2. The van der Waals surface area contributed by atoms with Crippen LogP contribution in [-0.4, -0.2) is 0 Å². The molecule has 2 aromatic carbocycles. The third-order valence-corrected chi connectivity index (χ3v) is 4.33. The van der Waals surface area contributed by atoms with Crippen molar-refractivity contribution in [2.24, 2.45) is 0 Å². The molecule has 20 heavy (non-hydrogen) atoms. The normalized spacial score (nSPS) is 13.3. The Morgan fingerprint density at radius 2 is 1.55 bits per heavy atom. The Morgan fingerprint density at radius 3 is 2.05 bits per heavy atom. The highest BCUT2D eigenvalue weighted by atomic mass is 79.9. The molecule has 3 heteroatoms. The molecule has 0 radical (unpaired) electrons. The van der Waals surface area contributed by atoms with Crippen LogP contribution < -0.4 is 0 Å². The molecule has 1 atom stereocenters. The summed E-state index contributed by atoms with van der Waals surface area (Å²) in [6, 6.07) is 11.7. The number of alkyl halides is 1. The van der Waals surface area contributed by atoms with Crippen LogP contribution in [0.5, 0.6) is 0 Å². The van der Waals surface area contributed by atoms with Crippen LogP contribution >= 0.6 is 15.9 Å². The summed E-state index contributed by atoms with van der Waals surface area (Å²) in [6.45, 7) is 6.44. The average Bonchev–Trinajstić information content (AvgIpc) is 2.37. The fourth-order valence-electron chi connectivity index (χ4n) is 2.04. The van der Waals surface area contributed by atoms with Crippen molar-refractivity contribution in [2.75, 3.05) is 0 Å². The van der Waals surface area contributed by atoms with Gasteiger partial charge in [0.15, 0.2) is 0 Å². The summed E-state index contributed by atoms with van der Waals surface area (Å²) < 4.78 is 26.7. The van der Waals surface area contributed by atoms with Gasteiger partial charge in [0.25, 0.3) is 0 Å². The molecule has 0 aliphatic carbocycles. The highest BCUT2D eigenvalue weighted by Crippen LogP contribution is 2.33. The highest BCUT2D eigenvalue weighted by molar-refractivity contribution is 9.09. The molecule has 0 nitrogen and oxygen atoms in total. The first kappa shape index (κ1) is 15.2. The number of hydrogen-bond acceptors (Lipinski definition) is 0. The molecule has 2 rings (SSSR count). The van der Waals surface area contributed by atoms with Crippen LogP contribution in [0.4, 0.5) is 8.78 Å². The summed E-state index contributed by atoms with van der Waals surface area (Å²) in [5, 5.41) is 0. The second-order valence-electron chi connectivity index (χ2n) is 5.90. The van der Waals surface area contributed by atoms with Gasteiger partial charge in [0.05, 0.1) is 4.83 Å². The zero-order valence-electron chi connectivity index (χ0n) is 11.8. The molecule has 0 bridgehead atoms. The minimum absolute atomic E-state index is 0.0848. The summed E-state index contributed by atoms with van der Waals surface area (Å²) in [5.41, 5.74) is 2.69. The monoisotopic (exact) mass is 338 g/mol. The average molecular weight is 339 g/mol. The van der Waals surface area contributed by atoms with E-state index < -0.39 is 11.6 Å². The molecular formula is C17H17BrF2. The minimum Gasteiger partial charge on any atom is -0.207 e. The number of hydrogen-bond donors (Lipinski definition) is 0. The van der Waals surface area contributed by atoms with Gasteiger partial charge in [-0.1, -0.05) is 67.0 Å². The molecular weight excluding hydrogens is 322 g/mol. The summed E-state index contributed by atoms with van der Waals surface area (Å²) >= 11 is 3.48. The van der Waals surface area contributed by atoms with Gasteiger partial charge in [0, 0.05) is 11.6 Å². The standard InChI is InChI=1S/C17H17BrF2/c1-17(2,3)12-6-4-11(5-7-12)16(18)14-9-8-13(19)10-15(14)20/h4-10,16H,1-3H3. The maximum atomic E-state index is 13.8. The lowest BCUT2D eigenvalue weighted by molar-refractivity contribution is 0.574. The van der Waals surface area contributed by atoms with Gasteiger partial charge in [-0.3, -0.25) is 0 Å². The van der Waals surface area contributed by atoms with Gasteiger partial charge < -0.3 is 0 Å². The van der Waals surface area contributed by atoms with Gasteiger partial charge in [-0.2, -0.15) is 0 Å². The lowest BCUT2D eigenvalue weighted by Crippen LogP contribution is -2.10. The molecule has 0 amide bonds. The first-order valence-corrected chi connectivity index (χ1v) is 7.40. The first-order valence-electron chi connectivity index (χ1n) is 6.48. The van der Waals surface area contributed by atoms with E-state index in [0.29, 0.717) is 5.56 Å². The van der Waals surface area contributed by atoms with E-state index in [1.807, 2.05) is 24.3 Å². The van der Waals surface area contributed by atoms with E-state index in [2.05, 4.69) is 36.7 Å². The lowest BCUT2D eigenvalue weighted by atomic mass is 9.86. The molecule has 0 saturated heterocycles. The van der Waals surface area contributed by atoms with Crippen molar-refractivity contribution in [3.05, 3.63) is 70.8 Å². The zero-order chi connectivity index (χ0) is 14.9. The van der Waals surface area contributed by atoms with E-state index in [1.165, 1.54) is 17.7 Å². The minimum atomic E-state index is -0.561. The Morgan fingerprint density at radius 1 is 0.950 bits per heavy atom.